The highest BCUT2D eigenvalue weighted by molar-refractivity contribution is 5.96. The summed E-state index contributed by atoms with van der Waals surface area (Å²) >= 11 is 0. The van der Waals surface area contributed by atoms with Crippen LogP contribution in [-0.2, 0) is 6.18 Å². The van der Waals surface area contributed by atoms with Gasteiger partial charge in [-0.3, -0.25) is 14.9 Å². The molecule has 1 heterocycles. The molecule has 1 aromatic carbocycles. The Bertz CT molecular complexity index is 822. The Morgan fingerprint density at radius 2 is 1.84 bits per heavy atom. The smallest absolute Gasteiger partial charge is 0.347 e. The zero-order valence-electron chi connectivity index (χ0n) is 13.6. The van der Waals surface area contributed by atoms with Gasteiger partial charge in [0.15, 0.2) is 5.69 Å². The van der Waals surface area contributed by atoms with Gasteiger partial charge in [0.25, 0.3) is 11.6 Å². The first kappa shape index (κ1) is 18.4. The molecule has 0 bridgehead atoms. The number of carbonyl (C=O) groups is 1. The van der Waals surface area contributed by atoms with E-state index in [0.717, 1.165) is 18.3 Å². The number of nitro groups is 1. The summed E-state index contributed by atoms with van der Waals surface area (Å²) in [4.78, 5) is 22.5. The normalized spacial score (nSPS) is 12.1. The predicted octanol–water partition coefficient (Wildman–Crippen LogP) is 3.33. The van der Waals surface area contributed by atoms with Crippen LogP contribution in [-0.4, -0.2) is 26.1 Å². The summed E-state index contributed by atoms with van der Waals surface area (Å²) in [5, 5.41) is 17.1. The summed E-state index contributed by atoms with van der Waals surface area (Å²) in [5.74, 6) is -0.968. The Morgan fingerprint density at radius 1 is 1.24 bits per heavy atom. The summed E-state index contributed by atoms with van der Waals surface area (Å²) < 4.78 is 41.0. The zero-order chi connectivity index (χ0) is 19.0. The number of amides is 1. The second-order valence-electron chi connectivity index (χ2n) is 6.27. The predicted molar refractivity (Wildman–Crippen MR) is 82.4 cm³/mol. The van der Waals surface area contributed by atoms with Crippen LogP contribution in [0.5, 0.6) is 0 Å². The molecule has 10 heteroatoms. The summed E-state index contributed by atoms with van der Waals surface area (Å²) in [6.45, 7) is 4.85. The van der Waals surface area contributed by atoms with Crippen molar-refractivity contribution in [2.45, 2.75) is 32.5 Å². The third kappa shape index (κ3) is 3.95. The number of para-hydroxylation sites is 2. The van der Waals surface area contributed by atoms with Crippen molar-refractivity contribution < 1.29 is 22.9 Å². The largest absolute Gasteiger partial charge is 0.434 e. The van der Waals surface area contributed by atoms with Crippen LogP contribution < -0.4 is 5.32 Å². The van der Waals surface area contributed by atoms with E-state index in [1.807, 2.05) is 0 Å². The Balaban J connectivity index is 2.67. The van der Waals surface area contributed by atoms with Gasteiger partial charge in [0, 0.05) is 11.6 Å². The average molecular weight is 356 g/mol. The molecule has 0 aliphatic rings. The van der Waals surface area contributed by atoms with Crippen molar-refractivity contribution >= 4 is 11.6 Å². The molecule has 0 atom stereocenters. The van der Waals surface area contributed by atoms with Crippen molar-refractivity contribution in [3.8, 4) is 5.69 Å². The molecule has 0 fully saturated rings. The van der Waals surface area contributed by atoms with Crippen molar-refractivity contribution in [3.63, 3.8) is 0 Å². The molecule has 0 radical (unpaired) electrons. The van der Waals surface area contributed by atoms with E-state index in [1.54, 1.807) is 20.8 Å². The van der Waals surface area contributed by atoms with Gasteiger partial charge < -0.3 is 5.32 Å². The Labute approximate surface area is 140 Å². The second kappa shape index (κ2) is 6.19. The van der Waals surface area contributed by atoms with Gasteiger partial charge in [0.05, 0.1) is 16.7 Å². The quantitative estimate of drug-likeness (QED) is 0.675. The zero-order valence-corrected chi connectivity index (χ0v) is 13.6. The van der Waals surface area contributed by atoms with Crippen LogP contribution in [0.25, 0.3) is 5.69 Å². The van der Waals surface area contributed by atoms with E-state index in [0.29, 0.717) is 4.68 Å². The minimum atomic E-state index is -4.94. The number of nitrogens with one attached hydrogen (secondary N) is 1. The molecule has 0 aliphatic heterocycles. The maximum atomic E-state index is 13.5. The third-order valence-corrected chi connectivity index (χ3v) is 3.08. The number of carbonyl (C=O) groups excluding carboxylic acids is 1. The van der Waals surface area contributed by atoms with Gasteiger partial charge in [-0.05, 0) is 26.8 Å². The molecule has 0 spiro atoms. The van der Waals surface area contributed by atoms with Crippen molar-refractivity contribution in [2.75, 3.05) is 0 Å². The molecule has 2 aromatic rings. The molecule has 1 aromatic heterocycles. The highest BCUT2D eigenvalue weighted by atomic mass is 19.4. The van der Waals surface area contributed by atoms with Gasteiger partial charge in [-0.25, -0.2) is 4.68 Å². The number of halogens is 3. The SMILES string of the molecule is CC(C)(C)NC(=O)c1cnn(-c2ccccc2[N+](=O)[O-])c1C(F)(F)F. The van der Waals surface area contributed by atoms with E-state index in [2.05, 4.69) is 10.4 Å². The monoisotopic (exact) mass is 356 g/mol. The molecule has 1 N–H and O–H groups in total. The fourth-order valence-electron chi connectivity index (χ4n) is 2.18. The van der Waals surface area contributed by atoms with Crippen LogP contribution in [0.1, 0.15) is 36.8 Å². The first-order chi connectivity index (χ1) is 11.4. The van der Waals surface area contributed by atoms with Gasteiger partial charge >= 0.3 is 6.18 Å². The lowest BCUT2D eigenvalue weighted by molar-refractivity contribution is -0.384. The lowest BCUT2D eigenvalue weighted by Crippen LogP contribution is -2.41. The van der Waals surface area contributed by atoms with Crippen molar-refractivity contribution in [1.29, 1.82) is 0 Å². The first-order valence-corrected chi connectivity index (χ1v) is 7.13. The minimum Gasteiger partial charge on any atom is -0.347 e. The Morgan fingerprint density at radius 3 is 2.36 bits per heavy atom. The van der Waals surface area contributed by atoms with Crippen LogP contribution in [0.2, 0.25) is 0 Å². The van der Waals surface area contributed by atoms with E-state index in [9.17, 15) is 28.1 Å². The number of benzene rings is 1. The average Bonchev–Trinajstić information content (AvgIpc) is 2.90. The van der Waals surface area contributed by atoms with Gasteiger partial charge in [-0.2, -0.15) is 18.3 Å². The Hall–Kier alpha value is -2.91. The Kier molecular flexibility index (Phi) is 4.56. The van der Waals surface area contributed by atoms with Crippen molar-refractivity contribution in [2.24, 2.45) is 0 Å². The molecule has 0 saturated carbocycles. The van der Waals surface area contributed by atoms with Gasteiger partial charge in [0.1, 0.15) is 5.69 Å². The second-order valence-corrected chi connectivity index (χ2v) is 6.27. The molecule has 134 valence electrons. The summed E-state index contributed by atoms with van der Waals surface area (Å²) in [7, 11) is 0. The number of nitro benzene ring substituents is 1. The lowest BCUT2D eigenvalue weighted by atomic mass is 10.1. The van der Waals surface area contributed by atoms with E-state index in [-0.39, 0.29) is 5.69 Å². The van der Waals surface area contributed by atoms with Gasteiger partial charge in [0.2, 0.25) is 0 Å². The van der Waals surface area contributed by atoms with E-state index < -0.39 is 39.5 Å². The fraction of sp³-hybridized carbons (Fsp3) is 0.333. The van der Waals surface area contributed by atoms with Crippen LogP contribution in [0, 0.1) is 10.1 Å². The standard InChI is InChI=1S/C15H15F3N4O3/c1-14(2,3)20-13(23)9-8-19-21(12(9)15(16,17)18)10-6-4-5-7-11(10)22(24)25/h4-8H,1-3H3,(H,20,23). The molecular weight excluding hydrogens is 341 g/mol. The number of alkyl halides is 3. The third-order valence-electron chi connectivity index (χ3n) is 3.08. The fourth-order valence-corrected chi connectivity index (χ4v) is 2.18. The lowest BCUT2D eigenvalue weighted by Gasteiger charge is -2.21. The minimum absolute atomic E-state index is 0.371. The topological polar surface area (TPSA) is 90.1 Å². The molecule has 25 heavy (non-hydrogen) atoms. The molecule has 7 nitrogen and oxygen atoms in total. The van der Waals surface area contributed by atoms with E-state index >= 15 is 0 Å². The number of aromatic nitrogens is 2. The van der Waals surface area contributed by atoms with Crippen LogP contribution in [0.4, 0.5) is 18.9 Å². The molecule has 1 amide bonds. The summed E-state index contributed by atoms with van der Waals surface area (Å²) in [6, 6.07) is 4.86. The van der Waals surface area contributed by atoms with Crippen LogP contribution >= 0.6 is 0 Å². The highest BCUT2D eigenvalue weighted by Crippen LogP contribution is 2.35. The van der Waals surface area contributed by atoms with E-state index in [1.165, 1.54) is 12.1 Å². The molecule has 0 aliphatic carbocycles. The summed E-state index contributed by atoms with van der Waals surface area (Å²) in [5.41, 5.74) is -3.78. The van der Waals surface area contributed by atoms with Crippen LogP contribution in [0.15, 0.2) is 30.5 Å². The van der Waals surface area contributed by atoms with Crippen LogP contribution in [0.3, 0.4) is 0 Å². The highest BCUT2D eigenvalue weighted by Gasteiger charge is 2.42. The number of hydrogen-bond acceptors (Lipinski definition) is 4. The first-order valence-electron chi connectivity index (χ1n) is 7.13. The van der Waals surface area contributed by atoms with Crippen molar-refractivity contribution in [1.82, 2.24) is 15.1 Å². The molecule has 0 saturated heterocycles. The molecule has 0 unspecified atom stereocenters. The summed E-state index contributed by atoms with van der Waals surface area (Å²) in [6.07, 6.45) is -4.19. The maximum Gasteiger partial charge on any atom is 0.434 e. The molecule has 2 rings (SSSR count). The van der Waals surface area contributed by atoms with Crippen molar-refractivity contribution in [3.05, 3.63) is 51.8 Å². The number of nitrogens with zero attached hydrogens (tertiary/aromatic N) is 3. The molecular formula is C15H15F3N4O3. The number of rotatable bonds is 3. The van der Waals surface area contributed by atoms with Gasteiger partial charge in [-0.15, -0.1) is 0 Å². The van der Waals surface area contributed by atoms with E-state index in [4.69, 9.17) is 0 Å². The van der Waals surface area contributed by atoms with Gasteiger partial charge in [-0.1, -0.05) is 12.1 Å². The maximum absolute atomic E-state index is 13.5. The number of hydrogen-bond donors (Lipinski definition) is 1.